The van der Waals surface area contributed by atoms with Crippen molar-refractivity contribution >= 4 is 29.1 Å². The fourth-order valence-corrected chi connectivity index (χ4v) is 1.60. The molecule has 19 heavy (non-hydrogen) atoms. The summed E-state index contributed by atoms with van der Waals surface area (Å²) in [5, 5.41) is 0.186. The average Bonchev–Trinajstić information content (AvgIpc) is 2.42. The minimum Gasteiger partial charge on any atom is -0.469 e. The van der Waals surface area contributed by atoms with Gasteiger partial charge in [-0.3, -0.25) is 4.79 Å². The van der Waals surface area contributed by atoms with Crippen molar-refractivity contribution in [1.82, 2.24) is 9.97 Å². The molecule has 0 bridgehead atoms. The van der Waals surface area contributed by atoms with Crippen LogP contribution >= 0.6 is 11.6 Å². The lowest BCUT2D eigenvalue weighted by Crippen LogP contribution is -2.31. The molecule has 0 amide bonds. The lowest BCUT2D eigenvalue weighted by molar-refractivity contribution is -0.140. The molecule has 0 aliphatic heterocycles. The molecule has 2 N–H and O–H groups in total. The number of rotatable bonds is 7. The van der Waals surface area contributed by atoms with Gasteiger partial charge in [-0.15, -0.1) is 0 Å². The lowest BCUT2D eigenvalue weighted by atomic mass is 10.3. The molecule has 0 aromatic carbocycles. The predicted octanol–water partition coefficient (Wildman–Crippen LogP) is 0.728. The topological polar surface area (TPSA) is 90.6 Å². The molecule has 1 heterocycles. The Bertz CT molecular complexity index is 430. The molecule has 106 valence electrons. The molecule has 0 aliphatic rings. The molecule has 1 aromatic heterocycles. The molecule has 0 atom stereocenters. The molecular formula is C11H17ClN4O3. The Labute approximate surface area is 116 Å². The van der Waals surface area contributed by atoms with E-state index >= 15 is 0 Å². The fraction of sp³-hybridized carbons (Fsp3) is 0.545. The summed E-state index contributed by atoms with van der Waals surface area (Å²) in [6, 6.07) is 0. The third-order valence-corrected chi connectivity index (χ3v) is 2.79. The zero-order valence-corrected chi connectivity index (χ0v) is 11.7. The fourth-order valence-electron chi connectivity index (χ4n) is 1.47. The first-order valence-corrected chi connectivity index (χ1v) is 6.04. The molecule has 0 radical (unpaired) electrons. The monoisotopic (exact) mass is 288 g/mol. The molecule has 0 spiro atoms. The lowest BCUT2D eigenvalue weighted by Gasteiger charge is -2.24. The number of hydrogen-bond donors (Lipinski definition) is 1. The Morgan fingerprint density at radius 2 is 2.16 bits per heavy atom. The number of carbonyl (C=O) groups excluding carboxylic acids is 1. The number of nitrogen functional groups attached to an aromatic ring is 1. The minimum absolute atomic E-state index is 0.186. The third kappa shape index (κ3) is 4.53. The summed E-state index contributed by atoms with van der Waals surface area (Å²) in [4.78, 5) is 20.9. The Balaban J connectivity index is 2.83. The van der Waals surface area contributed by atoms with Crippen LogP contribution in [0.2, 0.25) is 5.15 Å². The molecule has 7 nitrogen and oxygen atoms in total. The molecular weight excluding hydrogens is 272 g/mol. The number of halogens is 1. The summed E-state index contributed by atoms with van der Waals surface area (Å²) < 4.78 is 9.63. The smallest absolute Gasteiger partial charge is 0.307 e. The van der Waals surface area contributed by atoms with Crippen molar-refractivity contribution in [3.8, 4) is 0 Å². The number of anilines is 2. The van der Waals surface area contributed by atoms with E-state index in [0.717, 1.165) is 0 Å². The number of aromatic nitrogens is 2. The van der Waals surface area contributed by atoms with Crippen molar-refractivity contribution < 1.29 is 14.3 Å². The van der Waals surface area contributed by atoms with E-state index in [1.807, 2.05) is 4.90 Å². The molecule has 0 saturated carbocycles. The molecule has 1 aromatic rings. The van der Waals surface area contributed by atoms with E-state index in [9.17, 15) is 4.79 Å². The van der Waals surface area contributed by atoms with E-state index in [1.54, 1.807) is 7.11 Å². The highest BCUT2D eigenvalue weighted by Gasteiger charge is 2.15. The van der Waals surface area contributed by atoms with Crippen molar-refractivity contribution in [3.05, 3.63) is 11.5 Å². The van der Waals surface area contributed by atoms with Gasteiger partial charge in [-0.1, -0.05) is 11.6 Å². The van der Waals surface area contributed by atoms with Crippen molar-refractivity contribution in [2.75, 3.05) is 44.5 Å². The van der Waals surface area contributed by atoms with E-state index in [2.05, 4.69) is 14.7 Å². The first kappa shape index (κ1) is 15.5. The van der Waals surface area contributed by atoms with Crippen LogP contribution in [0.25, 0.3) is 0 Å². The zero-order chi connectivity index (χ0) is 14.3. The van der Waals surface area contributed by atoms with E-state index < -0.39 is 0 Å². The summed E-state index contributed by atoms with van der Waals surface area (Å²) in [6.45, 7) is 1.42. The SMILES string of the molecule is COCCN(CCC(=O)OC)c1ncnc(Cl)c1N. The van der Waals surface area contributed by atoms with Crippen molar-refractivity contribution in [2.45, 2.75) is 6.42 Å². The molecule has 0 fully saturated rings. The van der Waals surface area contributed by atoms with Crippen LogP contribution in [-0.2, 0) is 14.3 Å². The average molecular weight is 289 g/mol. The van der Waals surface area contributed by atoms with Crippen molar-refractivity contribution in [3.63, 3.8) is 0 Å². The van der Waals surface area contributed by atoms with Gasteiger partial charge in [-0.25, -0.2) is 9.97 Å². The molecule has 1 rings (SSSR count). The quantitative estimate of drug-likeness (QED) is 0.584. The van der Waals surface area contributed by atoms with Gasteiger partial charge in [0.1, 0.15) is 12.0 Å². The van der Waals surface area contributed by atoms with Gasteiger partial charge in [0.05, 0.1) is 20.1 Å². The van der Waals surface area contributed by atoms with Crippen LogP contribution in [-0.4, -0.2) is 49.9 Å². The normalized spacial score (nSPS) is 10.3. The summed E-state index contributed by atoms with van der Waals surface area (Å²) in [7, 11) is 2.94. The maximum Gasteiger partial charge on any atom is 0.307 e. The van der Waals surface area contributed by atoms with Gasteiger partial charge in [0.25, 0.3) is 0 Å². The van der Waals surface area contributed by atoms with Crippen molar-refractivity contribution in [1.29, 1.82) is 0 Å². The Morgan fingerprint density at radius 1 is 1.42 bits per heavy atom. The second-order valence-electron chi connectivity index (χ2n) is 3.71. The Kier molecular flexibility index (Phi) is 6.31. The maximum atomic E-state index is 11.2. The minimum atomic E-state index is -0.304. The molecule has 8 heteroatoms. The highest BCUT2D eigenvalue weighted by Crippen LogP contribution is 2.25. The van der Waals surface area contributed by atoms with Crippen molar-refractivity contribution in [2.24, 2.45) is 0 Å². The summed E-state index contributed by atoms with van der Waals surface area (Å²) in [5.74, 6) is 0.182. The van der Waals surface area contributed by atoms with Crippen LogP contribution < -0.4 is 10.6 Å². The van der Waals surface area contributed by atoms with Crippen LogP contribution in [0.15, 0.2) is 6.33 Å². The zero-order valence-electron chi connectivity index (χ0n) is 10.9. The van der Waals surface area contributed by atoms with Gasteiger partial charge >= 0.3 is 5.97 Å². The number of nitrogens with zero attached hydrogens (tertiary/aromatic N) is 3. The first-order chi connectivity index (χ1) is 9.10. The second-order valence-corrected chi connectivity index (χ2v) is 4.07. The van der Waals surface area contributed by atoms with E-state index in [-0.39, 0.29) is 23.2 Å². The van der Waals surface area contributed by atoms with E-state index in [4.69, 9.17) is 22.1 Å². The highest BCUT2D eigenvalue weighted by atomic mass is 35.5. The maximum absolute atomic E-state index is 11.2. The van der Waals surface area contributed by atoms with Gasteiger partial charge < -0.3 is 20.1 Å². The predicted molar refractivity (Wildman–Crippen MR) is 72.2 cm³/mol. The number of esters is 1. The number of carbonyl (C=O) groups is 1. The van der Waals surface area contributed by atoms with Gasteiger partial charge in [0.15, 0.2) is 11.0 Å². The van der Waals surface area contributed by atoms with E-state index in [0.29, 0.717) is 25.5 Å². The Morgan fingerprint density at radius 3 is 2.79 bits per heavy atom. The summed E-state index contributed by atoms with van der Waals surface area (Å²) in [5.41, 5.74) is 6.12. The summed E-state index contributed by atoms with van der Waals surface area (Å²) in [6.07, 6.45) is 1.55. The van der Waals surface area contributed by atoms with Gasteiger partial charge in [-0.05, 0) is 0 Å². The summed E-state index contributed by atoms with van der Waals surface area (Å²) >= 11 is 5.86. The molecule has 0 unspecified atom stereocenters. The van der Waals surface area contributed by atoms with Crippen LogP contribution in [0.3, 0.4) is 0 Å². The first-order valence-electron chi connectivity index (χ1n) is 5.66. The molecule has 0 saturated heterocycles. The molecule has 0 aliphatic carbocycles. The highest BCUT2D eigenvalue weighted by molar-refractivity contribution is 6.32. The number of nitrogens with two attached hydrogens (primary N) is 1. The third-order valence-electron chi connectivity index (χ3n) is 2.49. The van der Waals surface area contributed by atoms with E-state index in [1.165, 1.54) is 13.4 Å². The number of ether oxygens (including phenoxy) is 2. The van der Waals surface area contributed by atoms with Gasteiger partial charge in [-0.2, -0.15) is 0 Å². The van der Waals surface area contributed by atoms with Gasteiger partial charge in [0.2, 0.25) is 0 Å². The number of methoxy groups -OCH3 is 2. The van der Waals surface area contributed by atoms with Gasteiger partial charge in [0, 0.05) is 20.2 Å². The Hall–Kier alpha value is -1.60. The second kappa shape index (κ2) is 7.75. The van der Waals surface area contributed by atoms with Crippen LogP contribution in [0.4, 0.5) is 11.5 Å². The number of hydrogen-bond acceptors (Lipinski definition) is 7. The largest absolute Gasteiger partial charge is 0.469 e. The van der Waals surface area contributed by atoms with Crippen LogP contribution in [0, 0.1) is 0 Å². The standard InChI is InChI=1S/C11H17ClN4O3/c1-18-6-5-16(4-3-8(17)19-2)11-9(13)10(12)14-7-15-11/h7H,3-6,13H2,1-2H3. The van der Waals surface area contributed by atoms with Crippen LogP contribution in [0.5, 0.6) is 0 Å². The van der Waals surface area contributed by atoms with Crippen LogP contribution in [0.1, 0.15) is 6.42 Å².